The molecule has 5 heteroatoms. The van der Waals surface area contributed by atoms with Crippen molar-refractivity contribution in [1.82, 2.24) is 10.2 Å². The van der Waals surface area contributed by atoms with Crippen molar-refractivity contribution in [2.45, 2.75) is 71.1 Å². The van der Waals surface area contributed by atoms with E-state index in [-0.39, 0.29) is 24.1 Å². The van der Waals surface area contributed by atoms with Gasteiger partial charge in [-0.3, -0.25) is 4.79 Å². The molecule has 0 unspecified atom stereocenters. The SMILES string of the molecule is CCC(=O)N[C@H]1CC[C@@H](N(C)C(=O)OC(C)(C)C)C1. The third kappa shape index (κ3) is 5.09. The molecular weight excluding hydrogens is 244 g/mol. The maximum absolute atomic E-state index is 11.9. The van der Waals surface area contributed by atoms with E-state index in [1.165, 1.54) is 0 Å². The van der Waals surface area contributed by atoms with Crippen LogP contribution in [0.1, 0.15) is 53.4 Å². The Morgan fingerprint density at radius 3 is 2.47 bits per heavy atom. The summed E-state index contributed by atoms with van der Waals surface area (Å²) in [5.41, 5.74) is -0.472. The molecule has 2 atom stereocenters. The number of rotatable bonds is 3. The van der Waals surface area contributed by atoms with Crippen molar-refractivity contribution in [3.63, 3.8) is 0 Å². The normalized spacial score (nSPS) is 23.0. The fourth-order valence-corrected chi connectivity index (χ4v) is 2.25. The Kier molecular flexibility index (Phi) is 5.20. The molecule has 1 saturated carbocycles. The molecule has 1 aliphatic rings. The topological polar surface area (TPSA) is 58.6 Å². The van der Waals surface area contributed by atoms with Gasteiger partial charge in [-0.25, -0.2) is 4.79 Å². The summed E-state index contributed by atoms with van der Waals surface area (Å²) >= 11 is 0. The van der Waals surface area contributed by atoms with Gasteiger partial charge in [-0.15, -0.1) is 0 Å². The van der Waals surface area contributed by atoms with Crippen molar-refractivity contribution in [3.8, 4) is 0 Å². The van der Waals surface area contributed by atoms with Gasteiger partial charge in [0.2, 0.25) is 5.91 Å². The van der Waals surface area contributed by atoms with Crippen LogP contribution in [0.4, 0.5) is 4.79 Å². The average molecular weight is 270 g/mol. The standard InChI is InChI=1S/C14H26N2O3/c1-6-12(17)15-10-7-8-11(9-10)16(5)13(18)19-14(2,3)4/h10-11H,6-9H2,1-5H3,(H,15,17)/t10-,11+/m0/s1. The van der Waals surface area contributed by atoms with Crippen molar-refractivity contribution in [1.29, 1.82) is 0 Å². The number of carbonyl (C=O) groups is 2. The molecule has 2 amide bonds. The smallest absolute Gasteiger partial charge is 0.410 e. The van der Waals surface area contributed by atoms with Gasteiger partial charge in [0.1, 0.15) is 5.60 Å². The Morgan fingerprint density at radius 1 is 1.32 bits per heavy atom. The van der Waals surface area contributed by atoms with Gasteiger partial charge >= 0.3 is 6.09 Å². The summed E-state index contributed by atoms with van der Waals surface area (Å²) in [4.78, 5) is 25.0. The van der Waals surface area contributed by atoms with E-state index in [0.29, 0.717) is 6.42 Å². The molecule has 0 aromatic carbocycles. The lowest BCUT2D eigenvalue weighted by Gasteiger charge is -2.28. The van der Waals surface area contributed by atoms with Gasteiger partial charge in [0.25, 0.3) is 0 Å². The predicted octanol–water partition coefficient (Wildman–Crippen LogP) is 2.30. The number of ether oxygens (including phenoxy) is 1. The second kappa shape index (κ2) is 6.26. The highest BCUT2D eigenvalue weighted by Gasteiger charge is 2.32. The third-order valence-corrected chi connectivity index (χ3v) is 3.32. The molecule has 0 bridgehead atoms. The first-order chi connectivity index (χ1) is 8.73. The van der Waals surface area contributed by atoms with E-state index in [1.807, 2.05) is 27.7 Å². The van der Waals surface area contributed by atoms with Gasteiger partial charge in [-0.2, -0.15) is 0 Å². The molecule has 1 fully saturated rings. The van der Waals surface area contributed by atoms with E-state index in [0.717, 1.165) is 19.3 Å². The molecule has 0 spiro atoms. The summed E-state index contributed by atoms with van der Waals surface area (Å²) in [6.07, 6.45) is 2.85. The first-order valence-corrected chi connectivity index (χ1v) is 6.98. The summed E-state index contributed by atoms with van der Waals surface area (Å²) in [6, 6.07) is 0.333. The van der Waals surface area contributed by atoms with Crippen LogP contribution in [-0.2, 0) is 9.53 Å². The van der Waals surface area contributed by atoms with Gasteiger partial charge in [0, 0.05) is 25.6 Å². The third-order valence-electron chi connectivity index (χ3n) is 3.32. The minimum absolute atomic E-state index is 0.0746. The van der Waals surface area contributed by atoms with Gasteiger partial charge in [0.15, 0.2) is 0 Å². The van der Waals surface area contributed by atoms with Crippen molar-refractivity contribution in [2.75, 3.05) is 7.05 Å². The summed E-state index contributed by atoms with van der Waals surface area (Å²) < 4.78 is 5.35. The van der Waals surface area contributed by atoms with Crippen LogP contribution in [0.5, 0.6) is 0 Å². The lowest BCUT2D eigenvalue weighted by molar-refractivity contribution is -0.121. The molecule has 1 aliphatic carbocycles. The Labute approximate surface area is 115 Å². The van der Waals surface area contributed by atoms with Gasteiger partial charge in [-0.05, 0) is 40.0 Å². The maximum Gasteiger partial charge on any atom is 0.410 e. The van der Waals surface area contributed by atoms with Crippen LogP contribution in [0.25, 0.3) is 0 Å². The molecule has 0 aromatic rings. The van der Waals surface area contributed by atoms with Crippen LogP contribution in [0, 0.1) is 0 Å². The lowest BCUT2D eigenvalue weighted by Crippen LogP contribution is -2.41. The maximum atomic E-state index is 11.9. The zero-order valence-corrected chi connectivity index (χ0v) is 12.7. The minimum Gasteiger partial charge on any atom is -0.444 e. The summed E-state index contributed by atoms with van der Waals surface area (Å²) in [7, 11) is 1.77. The largest absolute Gasteiger partial charge is 0.444 e. The van der Waals surface area contributed by atoms with E-state index >= 15 is 0 Å². The molecule has 0 aromatic heterocycles. The summed E-state index contributed by atoms with van der Waals surface area (Å²) in [5.74, 6) is 0.0746. The predicted molar refractivity (Wildman–Crippen MR) is 73.9 cm³/mol. The molecule has 0 saturated heterocycles. The molecule has 0 radical (unpaired) electrons. The van der Waals surface area contributed by atoms with Crippen molar-refractivity contribution >= 4 is 12.0 Å². The summed E-state index contributed by atoms with van der Waals surface area (Å²) in [6.45, 7) is 7.42. The average Bonchev–Trinajstić information content (AvgIpc) is 2.73. The Morgan fingerprint density at radius 2 is 1.95 bits per heavy atom. The van der Waals surface area contributed by atoms with E-state index in [2.05, 4.69) is 5.32 Å². The monoisotopic (exact) mass is 270 g/mol. The Bertz CT molecular complexity index is 336. The highest BCUT2D eigenvalue weighted by atomic mass is 16.6. The van der Waals surface area contributed by atoms with Crippen LogP contribution in [0.15, 0.2) is 0 Å². The van der Waals surface area contributed by atoms with Crippen LogP contribution in [0.2, 0.25) is 0 Å². The molecule has 5 nitrogen and oxygen atoms in total. The number of hydrogen-bond donors (Lipinski definition) is 1. The Hall–Kier alpha value is -1.26. The van der Waals surface area contributed by atoms with Crippen LogP contribution in [0.3, 0.4) is 0 Å². The number of hydrogen-bond acceptors (Lipinski definition) is 3. The number of amides is 2. The lowest BCUT2D eigenvalue weighted by atomic mass is 10.2. The van der Waals surface area contributed by atoms with Gasteiger partial charge in [0.05, 0.1) is 0 Å². The zero-order chi connectivity index (χ0) is 14.6. The molecule has 19 heavy (non-hydrogen) atoms. The first-order valence-electron chi connectivity index (χ1n) is 6.98. The van der Waals surface area contributed by atoms with E-state index < -0.39 is 5.60 Å². The van der Waals surface area contributed by atoms with E-state index in [1.54, 1.807) is 11.9 Å². The molecule has 1 rings (SSSR count). The van der Waals surface area contributed by atoms with E-state index in [9.17, 15) is 9.59 Å². The van der Waals surface area contributed by atoms with Gasteiger partial charge < -0.3 is 15.0 Å². The van der Waals surface area contributed by atoms with Crippen LogP contribution >= 0.6 is 0 Å². The van der Waals surface area contributed by atoms with Crippen molar-refractivity contribution in [2.24, 2.45) is 0 Å². The van der Waals surface area contributed by atoms with E-state index in [4.69, 9.17) is 4.74 Å². The van der Waals surface area contributed by atoms with Gasteiger partial charge in [-0.1, -0.05) is 6.92 Å². The highest BCUT2D eigenvalue weighted by Crippen LogP contribution is 2.24. The van der Waals surface area contributed by atoms with Crippen LogP contribution < -0.4 is 5.32 Å². The molecule has 0 aliphatic heterocycles. The number of carbonyl (C=O) groups excluding carboxylic acids is 2. The molecule has 0 heterocycles. The Balaban J connectivity index is 2.45. The van der Waals surface area contributed by atoms with Crippen molar-refractivity contribution in [3.05, 3.63) is 0 Å². The fraction of sp³-hybridized carbons (Fsp3) is 0.857. The quantitative estimate of drug-likeness (QED) is 0.856. The molecule has 1 N–H and O–H groups in total. The number of nitrogens with one attached hydrogen (secondary N) is 1. The molecular formula is C14H26N2O3. The van der Waals surface area contributed by atoms with Crippen LogP contribution in [-0.4, -0.2) is 41.6 Å². The van der Waals surface area contributed by atoms with Crippen molar-refractivity contribution < 1.29 is 14.3 Å². The fourth-order valence-electron chi connectivity index (χ4n) is 2.25. The highest BCUT2D eigenvalue weighted by molar-refractivity contribution is 5.75. The summed E-state index contributed by atoms with van der Waals surface area (Å²) in [5, 5.41) is 2.98. The minimum atomic E-state index is -0.472. The second-order valence-corrected chi connectivity index (χ2v) is 6.18. The second-order valence-electron chi connectivity index (χ2n) is 6.18. The first kappa shape index (κ1) is 15.8. The zero-order valence-electron chi connectivity index (χ0n) is 12.7. The number of nitrogens with zero attached hydrogens (tertiary/aromatic N) is 1. The molecule has 110 valence electrons.